The first-order chi connectivity index (χ1) is 13.5. The topological polar surface area (TPSA) is 66.4 Å². The number of amides is 2. The van der Waals surface area contributed by atoms with Gasteiger partial charge in [-0.2, -0.15) is 0 Å². The Labute approximate surface area is 166 Å². The Bertz CT molecular complexity index is 835. The van der Waals surface area contributed by atoms with Crippen LogP contribution in [0.2, 0.25) is 0 Å². The highest BCUT2D eigenvalue weighted by Gasteiger charge is 2.35. The first-order valence-corrected chi connectivity index (χ1v) is 10.0. The highest BCUT2D eigenvalue weighted by atomic mass is 16.2. The Kier molecular flexibility index (Phi) is 6.39. The lowest BCUT2D eigenvalue weighted by Gasteiger charge is -2.41. The molecule has 1 fully saturated rings. The molecule has 0 N–H and O–H groups in total. The fourth-order valence-electron chi connectivity index (χ4n) is 3.55. The van der Waals surface area contributed by atoms with Gasteiger partial charge in [0.25, 0.3) is 5.91 Å². The Morgan fingerprint density at radius 2 is 1.96 bits per heavy atom. The number of aryl methyl sites for hydroxylation is 2. The van der Waals surface area contributed by atoms with Crippen LogP contribution in [0.25, 0.3) is 0 Å². The molecular formula is C22H28N4O2. The molecule has 1 saturated heterocycles. The quantitative estimate of drug-likeness (QED) is 0.770. The molecule has 1 aliphatic rings. The van der Waals surface area contributed by atoms with E-state index in [0.29, 0.717) is 17.9 Å². The molecule has 1 aromatic carbocycles. The van der Waals surface area contributed by atoms with Gasteiger partial charge in [-0.05, 0) is 31.0 Å². The van der Waals surface area contributed by atoms with Crippen LogP contribution in [-0.2, 0) is 11.2 Å². The number of piperazine rings is 1. The first kappa shape index (κ1) is 20.0. The number of nitrogens with zero attached hydrogens (tertiary/aromatic N) is 4. The third-order valence-corrected chi connectivity index (χ3v) is 5.17. The maximum absolute atomic E-state index is 13.1. The molecule has 1 aliphatic heterocycles. The monoisotopic (exact) mass is 380 g/mol. The van der Waals surface area contributed by atoms with Gasteiger partial charge in [0, 0.05) is 31.0 Å². The van der Waals surface area contributed by atoms with E-state index in [9.17, 15) is 9.59 Å². The van der Waals surface area contributed by atoms with Gasteiger partial charge in [-0.25, -0.2) is 9.97 Å². The number of aromatic nitrogens is 2. The van der Waals surface area contributed by atoms with Crippen LogP contribution in [0.5, 0.6) is 0 Å². The molecule has 0 saturated carbocycles. The van der Waals surface area contributed by atoms with Crippen LogP contribution in [0.1, 0.15) is 54.9 Å². The van der Waals surface area contributed by atoms with Gasteiger partial charge in [-0.1, -0.05) is 38.8 Å². The summed E-state index contributed by atoms with van der Waals surface area (Å²) in [6.07, 6.45) is 6.79. The van der Waals surface area contributed by atoms with E-state index in [2.05, 4.69) is 16.9 Å². The summed E-state index contributed by atoms with van der Waals surface area (Å²) >= 11 is 0. The van der Waals surface area contributed by atoms with Crippen molar-refractivity contribution in [2.24, 2.45) is 0 Å². The summed E-state index contributed by atoms with van der Waals surface area (Å²) < 4.78 is 0. The van der Waals surface area contributed by atoms with Crippen molar-refractivity contribution in [1.82, 2.24) is 14.9 Å². The van der Waals surface area contributed by atoms with Crippen LogP contribution in [0.3, 0.4) is 0 Å². The maximum Gasteiger partial charge on any atom is 0.257 e. The largest absolute Gasteiger partial charge is 0.324 e. The summed E-state index contributed by atoms with van der Waals surface area (Å²) in [5.74, 6) is 0.484. The van der Waals surface area contributed by atoms with Gasteiger partial charge in [0.15, 0.2) is 0 Å². The highest BCUT2D eigenvalue weighted by Crippen LogP contribution is 2.24. The lowest BCUT2D eigenvalue weighted by atomic mass is 10.0. The second kappa shape index (κ2) is 8.95. The Morgan fingerprint density at radius 3 is 2.61 bits per heavy atom. The van der Waals surface area contributed by atoms with E-state index in [4.69, 9.17) is 0 Å². The minimum atomic E-state index is -0.166. The van der Waals surface area contributed by atoms with Crippen molar-refractivity contribution in [2.75, 3.05) is 18.0 Å². The van der Waals surface area contributed by atoms with E-state index in [1.54, 1.807) is 17.3 Å². The fraction of sp³-hybridized carbons (Fsp3) is 0.455. The van der Waals surface area contributed by atoms with Gasteiger partial charge in [0.1, 0.15) is 12.4 Å². The number of carbonyl (C=O) groups is 2. The van der Waals surface area contributed by atoms with Gasteiger partial charge < -0.3 is 9.80 Å². The molecule has 1 atom stereocenters. The lowest BCUT2D eigenvalue weighted by Crippen LogP contribution is -2.58. The van der Waals surface area contributed by atoms with Crippen molar-refractivity contribution in [3.8, 4) is 0 Å². The third kappa shape index (κ3) is 4.38. The predicted molar refractivity (Wildman–Crippen MR) is 109 cm³/mol. The van der Waals surface area contributed by atoms with Crippen molar-refractivity contribution < 1.29 is 9.59 Å². The molecule has 2 heterocycles. The van der Waals surface area contributed by atoms with Crippen LogP contribution in [-0.4, -0.2) is 45.8 Å². The first-order valence-electron chi connectivity index (χ1n) is 10.0. The number of unbranched alkanes of at least 4 members (excludes halogenated alkanes) is 1. The summed E-state index contributed by atoms with van der Waals surface area (Å²) in [7, 11) is 0. The van der Waals surface area contributed by atoms with E-state index in [-0.39, 0.29) is 24.4 Å². The summed E-state index contributed by atoms with van der Waals surface area (Å²) in [6.45, 7) is 6.72. The van der Waals surface area contributed by atoms with Crippen LogP contribution < -0.4 is 4.90 Å². The van der Waals surface area contributed by atoms with Gasteiger partial charge in [-0.3, -0.25) is 9.59 Å². The Morgan fingerprint density at radius 1 is 1.21 bits per heavy atom. The molecule has 0 aliphatic carbocycles. The highest BCUT2D eigenvalue weighted by molar-refractivity contribution is 6.01. The number of benzene rings is 1. The molecule has 0 bridgehead atoms. The second-order valence-electron chi connectivity index (χ2n) is 7.31. The summed E-state index contributed by atoms with van der Waals surface area (Å²) in [6, 6.07) is 7.93. The van der Waals surface area contributed by atoms with Crippen LogP contribution in [0.15, 0.2) is 36.7 Å². The zero-order valence-electron chi connectivity index (χ0n) is 16.9. The van der Waals surface area contributed by atoms with E-state index in [0.717, 1.165) is 36.9 Å². The molecule has 3 rings (SSSR count). The summed E-state index contributed by atoms with van der Waals surface area (Å²) in [5, 5.41) is 0. The zero-order chi connectivity index (χ0) is 20.1. The average molecular weight is 380 g/mol. The molecule has 2 amide bonds. The van der Waals surface area contributed by atoms with Crippen molar-refractivity contribution in [3.63, 3.8) is 0 Å². The molecule has 0 spiro atoms. The smallest absolute Gasteiger partial charge is 0.257 e. The van der Waals surface area contributed by atoms with Gasteiger partial charge in [0.05, 0.1) is 11.6 Å². The van der Waals surface area contributed by atoms with E-state index >= 15 is 0 Å². The molecule has 1 aromatic heterocycles. The maximum atomic E-state index is 13.1. The molecule has 6 heteroatoms. The van der Waals surface area contributed by atoms with Gasteiger partial charge in [0.2, 0.25) is 5.91 Å². The molecule has 28 heavy (non-hydrogen) atoms. The third-order valence-electron chi connectivity index (χ3n) is 5.17. The van der Waals surface area contributed by atoms with E-state index < -0.39 is 0 Å². The number of hydrogen-bond acceptors (Lipinski definition) is 4. The molecule has 2 aromatic rings. The van der Waals surface area contributed by atoms with Crippen LogP contribution in [0, 0.1) is 6.92 Å². The van der Waals surface area contributed by atoms with Crippen molar-refractivity contribution in [1.29, 1.82) is 0 Å². The fourth-order valence-corrected chi connectivity index (χ4v) is 3.55. The van der Waals surface area contributed by atoms with Crippen molar-refractivity contribution in [3.05, 3.63) is 53.6 Å². The number of hydrogen-bond donors (Lipinski definition) is 0. The number of anilines is 1. The van der Waals surface area contributed by atoms with Crippen molar-refractivity contribution in [2.45, 2.75) is 52.5 Å². The SMILES string of the molecule is CCCCC1CN(c2cccc(C)c2)C(=O)CN1C(=O)c1cnc(CC)nc1. The normalized spacial score (nSPS) is 17.1. The predicted octanol–water partition coefficient (Wildman–Crippen LogP) is 3.40. The summed E-state index contributed by atoms with van der Waals surface area (Å²) in [5.41, 5.74) is 2.45. The zero-order valence-corrected chi connectivity index (χ0v) is 16.9. The standard InChI is InChI=1S/C22H28N4O2/c1-4-6-9-19-14-25(18-10-7-8-16(3)11-18)21(27)15-26(19)22(28)17-12-23-20(5-2)24-13-17/h7-8,10-13,19H,4-6,9,14-15H2,1-3H3. The van der Waals surface area contributed by atoms with E-state index in [1.807, 2.05) is 43.0 Å². The molecule has 1 unspecified atom stereocenters. The summed E-state index contributed by atoms with van der Waals surface area (Å²) in [4.78, 5) is 38.0. The second-order valence-corrected chi connectivity index (χ2v) is 7.31. The molecule has 0 radical (unpaired) electrons. The van der Waals surface area contributed by atoms with Crippen LogP contribution in [0.4, 0.5) is 5.69 Å². The van der Waals surface area contributed by atoms with Gasteiger partial charge >= 0.3 is 0 Å². The van der Waals surface area contributed by atoms with Crippen molar-refractivity contribution >= 4 is 17.5 Å². The van der Waals surface area contributed by atoms with Crippen LogP contribution >= 0.6 is 0 Å². The Balaban J connectivity index is 1.84. The molecular weight excluding hydrogens is 352 g/mol. The van der Waals surface area contributed by atoms with Gasteiger partial charge in [-0.15, -0.1) is 0 Å². The minimum Gasteiger partial charge on any atom is -0.324 e. The number of rotatable bonds is 6. The number of carbonyl (C=O) groups excluding carboxylic acids is 2. The lowest BCUT2D eigenvalue weighted by molar-refractivity contribution is -0.121. The van der Waals surface area contributed by atoms with E-state index in [1.165, 1.54) is 0 Å². The molecule has 148 valence electrons. The Hall–Kier alpha value is -2.76. The minimum absolute atomic E-state index is 0.0171. The molecule has 6 nitrogen and oxygen atoms in total. The average Bonchev–Trinajstić information content (AvgIpc) is 2.72.